The lowest BCUT2D eigenvalue weighted by atomic mass is 9.77. The average molecular weight is 425 g/mol. The second-order valence-corrected chi connectivity index (χ2v) is 8.24. The first-order valence-electron chi connectivity index (χ1n) is 9.86. The van der Waals surface area contributed by atoms with Gasteiger partial charge in [-0.25, -0.2) is 0 Å². The molecule has 7 heteroatoms. The number of amides is 2. The number of hydrogen-bond acceptors (Lipinski definition) is 4. The summed E-state index contributed by atoms with van der Waals surface area (Å²) in [5.41, 5.74) is 0.841. The van der Waals surface area contributed by atoms with Crippen LogP contribution in [0.4, 0.5) is 5.69 Å². The van der Waals surface area contributed by atoms with Gasteiger partial charge in [-0.3, -0.25) is 9.59 Å². The molecule has 154 valence electrons. The minimum Gasteiger partial charge on any atom is -0.497 e. The molecule has 5 rings (SSSR count). The largest absolute Gasteiger partial charge is 0.497 e. The Morgan fingerprint density at radius 1 is 1.27 bits per heavy atom. The highest BCUT2D eigenvalue weighted by atomic mass is 35.5. The van der Waals surface area contributed by atoms with E-state index in [9.17, 15) is 9.59 Å². The van der Waals surface area contributed by atoms with E-state index < -0.39 is 17.4 Å². The minimum atomic E-state index is -0.756. The molecule has 2 saturated heterocycles. The fourth-order valence-electron chi connectivity index (χ4n) is 4.72. The van der Waals surface area contributed by atoms with Crippen LogP contribution >= 0.6 is 11.6 Å². The summed E-state index contributed by atoms with van der Waals surface area (Å²) in [5, 5.41) is 3.54. The van der Waals surface area contributed by atoms with Crippen molar-refractivity contribution in [2.45, 2.75) is 18.2 Å². The number of carbonyl (C=O) groups is 2. The standard InChI is InChI=1S/C23H21ClN2O4/c1-29-16-8-6-15(7-9-16)26-13-23-11-10-18(30-23)19(20(23)22(26)28)21(27)25-12-14-4-2-3-5-17(14)24/h2-11,18-20H,12-13H2,1H3,(H,25,27). The number of carbonyl (C=O) groups excluding carboxylic acids is 2. The first-order valence-corrected chi connectivity index (χ1v) is 10.2. The molecule has 2 fully saturated rings. The smallest absolute Gasteiger partial charge is 0.234 e. The maximum Gasteiger partial charge on any atom is 0.234 e. The second kappa shape index (κ2) is 7.15. The van der Waals surface area contributed by atoms with Gasteiger partial charge in [-0.05, 0) is 35.9 Å². The van der Waals surface area contributed by atoms with Crippen LogP contribution in [-0.4, -0.2) is 37.2 Å². The van der Waals surface area contributed by atoms with Crippen molar-refractivity contribution in [1.82, 2.24) is 5.32 Å². The van der Waals surface area contributed by atoms with Gasteiger partial charge in [-0.2, -0.15) is 0 Å². The normalized spacial score (nSPS) is 28.7. The molecule has 4 unspecified atom stereocenters. The van der Waals surface area contributed by atoms with Crippen molar-refractivity contribution in [3.05, 3.63) is 71.3 Å². The van der Waals surface area contributed by atoms with E-state index in [1.54, 1.807) is 18.1 Å². The molecule has 30 heavy (non-hydrogen) atoms. The van der Waals surface area contributed by atoms with Crippen LogP contribution in [0.1, 0.15) is 5.56 Å². The molecule has 2 bridgehead atoms. The van der Waals surface area contributed by atoms with Crippen molar-refractivity contribution in [3.63, 3.8) is 0 Å². The van der Waals surface area contributed by atoms with Gasteiger partial charge in [-0.1, -0.05) is 42.0 Å². The highest BCUT2D eigenvalue weighted by Gasteiger charge is 2.67. The van der Waals surface area contributed by atoms with E-state index in [0.29, 0.717) is 18.1 Å². The molecule has 0 saturated carbocycles. The molecule has 3 aliphatic heterocycles. The van der Waals surface area contributed by atoms with Crippen LogP contribution < -0.4 is 15.0 Å². The zero-order valence-corrected chi connectivity index (χ0v) is 17.1. The van der Waals surface area contributed by atoms with Gasteiger partial charge in [0.05, 0.1) is 31.6 Å². The van der Waals surface area contributed by atoms with Crippen molar-refractivity contribution >= 4 is 29.1 Å². The number of halogens is 1. The Labute approximate surface area is 179 Å². The van der Waals surface area contributed by atoms with Crippen molar-refractivity contribution in [2.75, 3.05) is 18.6 Å². The third-order valence-electron chi connectivity index (χ3n) is 6.20. The number of rotatable bonds is 5. The van der Waals surface area contributed by atoms with Crippen molar-refractivity contribution < 1.29 is 19.1 Å². The lowest BCUT2D eigenvalue weighted by Crippen LogP contribution is -2.44. The fraction of sp³-hybridized carbons (Fsp3) is 0.304. The van der Waals surface area contributed by atoms with Crippen molar-refractivity contribution in [1.29, 1.82) is 0 Å². The number of methoxy groups -OCH3 is 1. The summed E-state index contributed by atoms with van der Waals surface area (Å²) in [6.45, 7) is 0.700. The Morgan fingerprint density at radius 2 is 2.03 bits per heavy atom. The molecule has 3 heterocycles. The lowest BCUT2D eigenvalue weighted by molar-refractivity contribution is -0.132. The van der Waals surface area contributed by atoms with E-state index >= 15 is 0 Å². The van der Waals surface area contributed by atoms with Gasteiger partial charge in [-0.15, -0.1) is 0 Å². The highest BCUT2D eigenvalue weighted by molar-refractivity contribution is 6.31. The Bertz CT molecular complexity index is 1040. The molecule has 1 spiro atoms. The summed E-state index contributed by atoms with van der Waals surface area (Å²) in [6, 6.07) is 14.7. The van der Waals surface area contributed by atoms with Crippen LogP contribution in [0.2, 0.25) is 5.02 Å². The number of ether oxygens (including phenoxy) is 2. The Balaban J connectivity index is 1.36. The van der Waals surface area contributed by atoms with Crippen molar-refractivity contribution in [3.8, 4) is 5.75 Å². The number of fused-ring (bicyclic) bond motifs is 1. The average Bonchev–Trinajstić information content (AvgIpc) is 3.41. The van der Waals surface area contributed by atoms with Crippen LogP contribution in [0.5, 0.6) is 5.75 Å². The van der Waals surface area contributed by atoms with Gasteiger partial charge in [0.2, 0.25) is 11.8 Å². The topological polar surface area (TPSA) is 67.9 Å². The van der Waals surface area contributed by atoms with Gasteiger partial charge < -0.3 is 19.7 Å². The van der Waals surface area contributed by atoms with Gasteiger partial charge in [0.1, 0.15) is 11.4 Å². The molecule has 4 atom stereocenters. The Kier molecular flexibility index (Phi) is 4.56. The van der Waals surface area contributed by atoms with E-state index in [0.717, 1.165) is 17.0 Å². The van der Waals surface area contributed by atoms with Crippen LogP contribution in [0.3, 0.4) is 0 Å². The predicted octanol–water partition coefficient (Wildman–Crippen LogP) is 2.95. The second-order valence-electron chi connectivity index (χ2n) is 7.83. The summed E-state index contributed by atoms with van der Waals surface area (Å²) in [7, 11) is 1.60. The van der Waals surface area contributed by atoms with Crippen LogP contribution in [0, 0.1) is 11.8 Å². The molecule has 1 N–H and O–H groups in total. The van der Waals surface area contributed by atoms with Crippen molar-refractivity contribution in [2.24, 2.45) is 11.8 Å². The van der Waals surface area contributed by atoms with E-state index in [1.165, 1.54) is 0 Å². The molecular weight excluding hydrogens is 404 g/mol. The van der Waals surface area contributed by atoms with Gasteiger partial charge >= 0.3 is 0 Å². The molecule has 3 aliphatic rings. The van der Waals surface area contributed by atoms with Crippen LogP contribution in [-0.2, 0) is 20.9 Å². The van der Waals surface area contributed by atoms with Crippen LogP contribution in [0.15, 0.2) is 60.7 Å². The van der Waals surface area contributed by atoms with E-state index in [4.69, 9.17) is 21.1 Å². The van der Waals surface area contributed by atoms with Gasteiger partial charge in [0.15, 0.2) is 0 Å². The van der Waals surface area contributed by atoms with Gasteiger partial charge in [0, 0.05) is 17.3 Å². The quantitative estimate of drug-likeness (QED) is 0.749. The van der Waals surface area contributed by atoms with Crippen LogP contribution in [0.25, 0.3) is 0 Å². The molecule has 2 aromatic rings. The summed E-state index contributed by atoms with van der Waals surface area (Å²) in [6.07, 6.45) is 3.46. The summed E-state index contributed by atoms with van der Waals surface area (Å²) in [5.74, 6) is -0.669. The monoisotopic (exact) mass is 424 g/mol. The maximum atomic E-state index is 13.3. The van der Waals surface area contributed by atoms with E-state index in [2.05, 4.69) is 5.32 Å². The number of benzene rings is 2. The summed E-state index contributed by atoms with van der Waals surface area (Å²) >= 11 is 6.19. The van der Waals surface area contributed by atoms with Gasteiger partial charge in [0.25, 0.3) is 0 Å². The summed E-state index contributed by atoms with van der Waals surface area (Å²) in [4.78, 5) is 28.1. The Hall–Kier alpha value is -2.83. The maximum absolute atomic E-state index is 13.3. The molecule has 6 nitrogen and oxygen atoms in total. The van der Waals surface area contributed by atoms with E-state index in [1.807, 2.05) is 54.6 Å². The SMILES string of the molecule is COc1ccc(N2CC34C=CC(O3)C(C(=O)NCc3ccccc3Cl)C4C2=O)cc1. The molecule has 0 aromatic heterocycles. The number of nitrogens with zero attached hydrogens (tertiary/aromatic N) is 1. The number of anilines is 1. The first kappa shape index (κ1) is 19.2. The zero-order valence-electron chi connectivity index (χ0n) is 16.4. The third-order valence-corrected chi connectivity index (χ3v) is 6.57. The molecule has 0 aliphatic carbocycles. The first-order chi connectivity index (χ1) is 14.5. The predicted molar refractivity (Wildman–Crippen MR) is 112 cm³/mol. The molecule has 2 aromatic carbocycles. The van der Waals surface area contributed by atoms with E-state index in [-0.39, 0.29) is 17.9 Å². The molecular formula is C23H21ClN2O4. The summed E-state index contributed by atoms with van der Waals surface area (Å²) < 4.78 is 11.4. The third kappa shape index (κ3) is 2.90. The number of nitrogens with one attached hydrogen (secondary N) is 1. The molecule has 0 radical (unpaired) electrons. The lowest BCUT2D eigenvalue weighted by Gasteiger charge is -2.23. The molecule has 2 amide bonds. The zero-order chi connectivity index (χ0) is 20.9. The Morgan fingerprint density at radius 3 is 2.77 bits per heavy atom. The fourth-order valence-corrected chi connectivity index (χ4v) is 4.92. The minimum absolute atomic E-state index is 0.0927. The number of hydrogen-bond donors (Lipinski definition) is 1. The highest BCUT2D eigenvalue weighted by Crippen LogP contribution is 2.52.